The maximum absolute atomic E-state index is 5.20. The molecule has 0 unspecified atom stereocenters. The van der Waals surface area contributed by atoms with Gasteiger partial charge in [-0.1, -0.05) is 11.3 Å². The van der Waals surface area contributed by atoms with Gasteiger partial charge in [0.1, 0.15) is 5.01 Å². The van der Waals surface area contributed by atoms with Crippen LogP contribution in [0.15, 0.2) is 0 Å². The first-order valence-corrected chi connectivity index (χ1v) is 5.04. The Kier molecular flexibility index (Phi) is 4.74. The minimum absolute atomic E-state index is 0.639. The molecule has 80 valence electrons. The average Bonchev–Trinajstić information content (AvgIpc) is 2.62. The highest BCUT2D eigenvalue weighted by atomic mass is 32.1. The van der Waals surface area contributed by atoms with Gasteiger partial charge in [0, 0.05) is 13.7 Å². The number of nitrogens with zero attached hydrogens (tertiary/aromatic N) is 3. The Balaban J connectivity index is 2.35. The van der Waals surface area contributed by atoms with Crippen molar-refractivity contribution in [1.29, 1.82) is 0 Å². The van der Waals surface area contributed by atoms with Crippen molar-refractivity contribution in [3.05, 3.63) is 5.01 Å². The summed E-state index contributed by atoms with van der Waals surface area (Å²) in [4.78, 5) is 2.12. The zero-order valence-corrected chi connectivity index (χ0v) is 9.17. The largest absolute Gasteiger partial charge is 0.383 e. The van der Waals surface area contributed by atoms with Gasteiger partial charge in [0.25, 0.3) is 0 Å². The maximum atomic E-state index is 5.20. The number of hydrazine groups is 1. The summed E-state index contributed by atoms with van der Waals surface area (Å²) in [6.45, 7) is 2.36. The van der Waals surface area contributed by atoms with E-state index in [0.717, 1.165) is 24.7 Å². The molecule has 0 saturated carbocycles. The first kappa shape index (κ1) is 11.3. The molecule has 3 N–H and O–H groups in total. The van der Waals surface area contributed by atoms with E-state index in [4.69, 9.17) is 10.6 Å². The molecule has 0 saturated heterocycles. The smallest absolute Gasteiger partial charge is 0.219 e. The molecular weight excluding hydrogens is 202 g/mol. The lowest BCUT2D eigenvalue weighted by Gasteiger charge is -2.13. The van der Waals surface area contributed by atoms with E-state index in [9.17, 15) is 0 Å². The van der Waals surface area contributed by atoms with E-state index < -0.39 is 0 Å². The molecule has 0 spiro atoms. The van der Waals surface area contributed by atoms with Crippen LogP contribution in [0.3, 0.4) is 0 Å². The van der Waals surface area contributed by atoms with Gasteiger partial charge < -0.3 is 4.74 Å². The van der Waals surface area contributed by atoms with Crippen molar-refractivity contribution in [1.82, 2.24) is 15.1 Å². The summed E-state index contributed by atoms with van der Waals surface area (Å²) in [5, 5.41) is 9.40. The molecule has 0 aliphatic heterocycles. The van der Waals surface area contributed by atoms with Crippen LogP contribution in [0.25, 0.3) is 0 Å². The van der Waals surface area contributed by atoms with Crippen molar-refractivity contribution in [2.24, 2.45) is 5.84 Å². The van der Waals surface area contributed by atoms with Crippen molar-refractivity contribution < 1.29 is 4.74 Å². The van der Waals surface area contributed by atoms with Crippen LogP contribution in [0.5, 0.6) is 0 Å². The van der Waals surface area contributed by atoms with Crippen molar-refractivity contribution in [2.75, 3.05) is 32.7 Å². The molecule has 6 nitrogen and oxygen atoms in total. The lowest BCUT2D eigenvalue weighted by molar-refractivity contribution is 0.158. The van der Waals surface area contributed by atoms with E-state index in [1.807, 2.05) is 7.05 Å². The number of methoxy groups -OCH3 is 1. The van der Waals surface area contributed by atoms with E-state index in [2.05, 4.69) is 20.5 Å². The van der Waals surface area contributed by atoms with Crippen LogP contribution >= 0.6 is 11.3 Å². The van der Waals surface area contributed by atoms with Crippen molar-refractivity contribution >= 4 is 16.5 Å². The zero-order chi connectivity index (χ0) is 10.4. The normalized spacial score (nSPS) is 10.9. The number of hydrogen-bond acceptors (Lipinski definition) is 7. The highest BCUT2D eigenvalue weighted by molar-refractivity contribution is 7.15. The van der Waals surface area contributed by atoms with Crippen LogP contribution in [0.2, 0.25) is 0 Å². The van der Waals surface area contributed by atoms with Crippen LogP contribution in [-0.4, -0.2) is 42.4 Å². The minimum atomic E-state index is 0.639. The summed E-state index contributed by atoms with van der Waals surface area (Å²) >= 11 is 1.45. The molecule has 0 bridgehead atoms. The first-order chi connectivity index (χ1) is 6.76. The second-order valence-electron chi connectivity index (χ2n) is 2.88. The fraction of sp³-hybridized carbons (Fsp3) is 0.714. The number of nitrogens with two attached hydrogens (primary N) is 1. The van der Waals surface area contributed by atoms with Gasteiger partial charge in [-0.3, -0.25) is 10.3 Å². The molecular formula is C7H15N5OS. The zero-order valence-electron chi connectivity index (χ0n) is 8.36. The lowest BCUT2D eigenvalue weighted by atomic mass is 10.5. The van der Waals surface area contributed by atoms with E-state index in [-0.39, 0.29) is 0 Å². The number of rotatable bonds is 6. The Morgan fingerprint density at radius 3 is 2.93 bits per heavy atom. The van der Waals surface area contributed by atoms with Crippen LogP contribution in [0.4, 0.5) is 5.13 Å². The number of ether oxygens (including phenoxy) is 1. The lowest BCUT2D eigenvalue weighted by Crippen LogP contribution is -2.22. The fourth-order valence-electron chi connectivity index (χ4n) is 0.933. The molecule has 1 heterocycles. The molecule has 0 radical (unpaired) electrons. The van der Waals surface area contributed by atoms with E-state index in [1.165, 1.54) is 11.3 Å². The third kappa shape index (κ3) is 3.54. The van der Waals surface area contributed by atoms with Crippen molar-refractivity contribution in [2.45, 2.75) is 6.54 Å². The minimum Gasteiger partial charge on any atom is -0.383 e. The topological polar surface area (TPSA) is 76.3 Å². The number of nitrogens with one attached hydrogen (secondary N) is 1. The van der Waals surface area contributed by atoms with Gasteiger partial charge in [-0.2, -0.15) is 0 Å². The molecule has 0 aliphatic carbocycles. The van der Waals surface area contributed by atoms with Crippen molar-refractivity contribution in [3.63, 3.8) is 0 Å². The molecule has 0 aliphatic rings. The highest BCUT2D eigenvalue weighted by Gasteiger charge is 2.05. The predicted molar refractivity (Wildman–Crippen MR) is 55.9 cm³/mol. The average molecular weight is 217 g/mol. The Labute approximate surface area is 87.0 Å². The highest BCUT2D eigenvalue weighted by Crippen LogP contribution is 2.14. The van der Waals surface area contributed by atoms with E-state index in [0.29, 0.717) is 5.13 Å². The number of aromatic nitrogens is 2. The Morgan fingerprint density at radius 2 is 2.36 bits per heavy atom. The van der Waals surface area contributed by atoms with Gasteiger partial charge >= 0.3 is 0 Å². The predicted octanol–water partition coefficient (Wildman–Crippen LogP) is -0.0981. The fourth-order valence-corrected chi connectivity index (χ4v) is 1.66. The van der Waals surface area contributed by atoms with Crippen LogP contribution < -0.4 is 11.3 Å². The number of hydrogen-bond donors (Lipinski definition) is 2. The maximum Gasteiger partial charge on any atom is 0.219 e. The van der Waals surface area contributed by atoms with Crippen LogP contribution in [-0.2, 0) is 11.3 Å². The van der Waals surface area contributed by atoms with Crippen molar-refractivity contribution in [3.8, 4) is 0 Å². The molecule has 7 heteroatoms. The van der Waals surface area contributed by atoms with Crippen LogP contribution in [0, 0.1) is 0 Å². The second-order valence-corrected chi connectivity index (χ2v) is 3.94. The van der Waals surface area contributed by atoms with E-state index >= 15 is 0 Å². The van der Waals surface area contributed by atoms with Gasteiger partial charge in [0.2, 0.25) is 5.13 Å². The summed E-state index contributed by atoms with van der Waals surface area (Å²) in [6.07, 6.45) is 0. The second kappa shape index (κ2) is 5.86. The molecule has 0 amide bonds. The summed E-state index contributed by atoms with van der Waals surface area (Å²) in [5.74, 6) is 5.20. The Hall–Kier alpha value is -0.760. The molecule has 1 aromatic rings. The third-order valence-corrected chi connectivity index (χ3v) is 2.51. The molecule has 1 rings (SSSR count). The molecule has 14 heavy (non-hydrogen) atoms. The molecule has 1 aromatic heterocycles. The van der Waals surface area contributed by atoms with Gasteiger partial charge in [-0.05, 0) is 7.05 Å². The Bertz CT molecular complexity index is 266. The number of anilines is 1. The number of nitrogen functional groups attached to an aromatic ring is 1. The molecule has 0 atom stereocenters. The first-order valence-electron chi connectivity index (χ1n) is 4.22. The summed E-state index contributed by atoms with van der Waals surface area (Å²) in [5.41, 5.74) is 2.47. The summed E-state index contributed by atoms with van der Waals surface area (Å²) < 4.78 is 4.97. The standard InChI is InChI=1S/C7H15N5OS/c1-12(3-4-13-2)5-6-10-11-7(9-8)14-6/h3-5,8H2,1-2H3,(H,9,11). The monoisotopic (exact) mass is 217 g/mol. The van der Waals surface area contributed by atoms with Gasteiger partial charge in [-0.25, -0.2) is 5.84 Å². The van der Waals surface area contributed by atoms with E-state index in [1.54, 1.807) is 7.11 Å². The van der Waals surface area contributed by atoms with Crippen LogP contribution in [0.1, 0.15) is 5.01 Å². The van der Waals surface area contributed by atoms with Gasteiger partial charge in [0.15, 0.2) is 0 Å². The molecule has 0 aromatic carbocycles. The molecule has 0 fully saturated rings. The third-order valence-electron chi connectivity index (χ3n) is 1.67. The van der Waals surface area contributed by atoms with Gasteiger partial charge in [-0.15, -0.1) is 10.2 Å². The van der Waals surface area contributed by atoms with Gasteiger partial charge in [0.05, 0.1) is 13.2 Å². The quantitative estimate of drug-likeness (QED) is 0.512. The number of likely N-dealkylation sites (N-methyl/N-ethyl adjacent to an activating group) is 1. The SMILES string of the molecule is COCCN(C)Cc1nnc(NN)s1. The summed E-state index contributed by atoms with van der Waals surface area (Å²) in [6, 6.07) is 0. The summed E-state index contributed by atoms with van der Waals surface area (Å²) in [7, 11) is 3.70. The Morgan fingerprint density at radius 1 is 1.57 bits per heavy atom.